The molecule has 0 aliphatic heterocycles. The Kier molecular flexibility index (Phi) is 7.49. The maximum absolute atomic E-state index is 5.22. The quantitative estimate of drug-likeness (QED) is 0.170. The maximum atomic E-state index is 5.22. The standard InChI is InChI=1S/C47H31N3/c1-3-13-33(14-4-1)43-31-44(36-18-11-17-35(29-36)32-25-27-48-28-26-32)50-47(49-43)38-20-12-19-37(30-38)46-41-23-9-7-21-39(41)45(34-15-5-2-6-16-34)40-22-8-10-24-42(40)46/h1-31H. The Bertz CT molecular complexity index is 2580. The summed E-state index contributed by atoms with van der Waals surface area (Å²) in [4.78, 5) is 14.6. The lowest BCUT2D eigenvalue weighted by Crippen LogP contribution is -1.97. The molecule has 0 N–H and O–H groups in total. The van der Waals surface area contributed by atoms with E-state index in [1.54, 1.807) is 0 Å². The zero-order valence-electron chi connectivity index (χ0n) is 27.2. The molecule has 0 aliphatic rings. The molecule has 0 unspecified atom stereocenters. The molecule has 50 heavy (non-hydrogen) atoms. The van der Waals surface area contributed by atoms with Crippen molar-refractivity contribution in [3.8, 4) is 67.3 Å². The molecule has 9 aromatic rings. The van der Waals surface area contributed by atoms with E-state index in [4.69, 9.17) is 9.97 Å². The van der Waals surface area contributed by atoms with Gasteiger partial charge in [-0.2, -0.15) is 0 Å². The Balaban J connectivity index is 1.24. The van der Waals surface area contributed by atoms with Crippen LogP contribution >= 0.6 is 0 Å². The minimum absolute atomic E-state index is 0.687. The summed E-state index contributed by atoms with van der Waals surface area (Å²) in [7, 11) is 0. The molecule has 0 amide bonds. The Morgan fingerprint density at radius 2 is 0.720 bits per heavy atom. The first-order chi connectivity index (χ1) is 24.8. The van der Waals surface area contributed by atoms with Crippen molar-refractivity contribution in [2.45, 2.75) is 0 Å². The molecule has 2 aromatic heterocycles. The van der Waals surface area contributed by atoms with Crippen molar-refractivity contribution in [2.75, 3.05) is 0 Å². The predicted molar refractivity (Wildman–Crippen MR) is 207 cm³/mol. The van der Waals surface area contributed by atoms with Gasteiger partial charge in [-0.1, -0.05) is 146 Å². The van der Waals surface area contributed by atoms with E-state index >= 15 is 0 Å². The number of aromatic nitrogens is 3. The lowest BCUT2D eigenvalue weighted by molar-refractivity contribution is 1.18. The third-order valence-electron chi connectivity index (χ3n) is 9.37. The van der Waals surface area contributed by atoms with E-state index in [0.717, 1.165) is 44.8 Å². The highest BCUT2D eigenvalue weighted by Gasteiger charge is 2.18. The summed E-state index contributed by atoms with van der Waals surface area (Å²) in [5.74, 6) is 0.687. The van der Waals surface area contributed by atoms with Crippen LogP contribution in [0.2, 0.25) is 0 Å². The van der Waals surface area contributed by atoms with Gasteiger partial charge in [-0.15, -0.1) is 0 Å². The zero-order chi connectivity index (χ0) is 33.3. The van der Waals surface area contributed by atoms with Crippen molar-refractivity contribution >= 4 is 21.5 Å². The molecule has 3 heteroatoms. The molecule has 9 rings (SSSR count). The van der Waals surface area contributed by atoms with Crippen molar-refractivity contribution in [2.24, 2.45) is 0 Å². The Labute approximate surface area is 291 Å². The minimum Gasteiger partial charge on any atom is -0.265 e. The fourth-order valence-electron chi connectivity index (χ4n) is 7.05. The Morgan fingerprint density at radius 1 is 0.280 bits per heavy atom. The average molecular weight is 638 g/mol. The second-order valence-corrected chi connectivity index (χ2v) is 12.4. The number of hydrogen-bond donors (Lipinski definition) is 0. The van der Waals surface area contributed by atoms with Gasteiger partial charge in [0.2, 0.25) is 0 Å². The van der Waals surface area contributed by atoms with Crippen LogP contribution in [0.5, 0.6) is 0 Å². The summed E-state index contributed by atoms with van der Waals surface area (Å²) >= 11 is 0. The normalized spacial score (nSPS) is 11.2. The van der Waals surface area contributed by atoms with E-state index in [1.165, 1.54) is 38.2 Å². The first-order valence-corrected chi connectivity index (χ1v) is 16.9. The molecule has 2 heterocycles. The van der Waals surface area contributed by atoms with Crippen molar-refractivity contribution in [3.05, 3.63) is 188 Å². The number of fused-ring (bicyclic) bond motifs is 2. The molecule has 0 radical (unpaired) electrons. The number of pyridine rings is 1. The van der Waals surface area contributed by atoms with Gasteiger partial charge in [0.05, 0.1) is 11.4 Å². The van der Waals surface area contributed by atoms with Crippen LogP contribution in [0.3, 0.4) is 0 Å². The van der Waals surface area contributed by atoms with E-state index in [-0.39, 0.29) is 0 Å². The lowest BCUT2D eigenvalue weighted by atomic mass is 9.85. The van der Waals surface area contributed by atoms with Crippen molar-refractivity contribution in [3.63, 3.8) is 0 Å². The molecule has 0 saturated carbocycles. The fourth-order valence-corrected chi connectivity index (χ4v) is 7.05. The Hall–Kier alpha value is -6.71. The molecule has 3 nitrogen and oxygen atoms in total. The first kappa shape index (κ1) is 29.4. The summed E-state index contributed by atoms with van der Waals surface area (Å²) in [5, 5.41) is 4.90. The van der Waals surface area contributed by atoms with E-state index in [1.807, 2.05) is 30.6 Å². The van der Waals surface area contributed by atoms with Crippen LogP contribution in [0.25, 0.3) is 88.8 Å². The van der Waals surface area contributed by atoms with E-state index in [2.05, 4.69) is 163 Å². The lowest BCUT2D eigenvalue weighted by Gasteiger charge is -2.18. The van der Waals surface area contributed by atoms with Crippen LogP contribution in [0.4, 0.5) is 0 Å². The smallest absolute Gasteiger partial charge is 0.160 e. The second-order valence-electron chi connectivity index (χ2n) is 12.4. The molecule has 0 fully saturated rings. The molecule has 0 aliphatic carbocycles. The summed E-state index contributed by atoms with van der Waals surface area (Å²) in [6.45, 7) is 0. The van der Waals surface area contributed by atoms with Crippen LogP contribution < -0.4 is 0 Å². The highest BCUT2D eigenvalue weighted by molar-refractivity contribution is 6.21. The number of hydrogen-bond acceptors (Lipinski definition) is 3. The summed E-state index contributed by atoms with van der Waals surface area (Å²) in [5.41, 5.74) is 11.8. The zero-order valence-corrected chi connectivity index (χ0v) is 27.2. The first-order valence-electron chi connectivity index (χ1n) is 16.9. The van der Waals surface area contributed by atoms with Crippen LogP contribution in [0.1, 0.15) is 0 Å². The van der Waals surface area contributed by atoms with Gasteiger partial charge in [0.15, 0.2) is 5.82 Å². The van der Waals surface area contributed by atoms with Crippen molar-refractivity contribution < 1.29 is 0 Å². The SMILES string of the molecule is c1ccc(-c2cc(-c3cccc(-c4ccncc4)c3)nc(-c3cccc(-c4c5ccccc5c(-c5ccccc5)c5ccccc45)c3)n2)cc1. The van der Waals surface area contributed by atoms with Crippen LogP contribution in [0, 0.1) is 0 Å². The molecular weight excluding hydrogens is 607 g/mol. The van der Waals surface area contributed by atoms with Crippen LogP contribution in [-0.4, -0.2) is 15.0 Å². The second kappa shape index (κ2) is 12.7. The highest BCUT2D eigenvalue weighted by Crippen LogP contribution is 2.44. The minimum atomic E-state index is 0.687. The van der Waals surface area contributed by atoms with Gasteiger partial charge in [0, 0.05) is 29.1 Å². The highest BCUT2D eigenvalue weighted by atomic mass is 14.9. The maximum Gasteiger partial charge on any atom is 0.160 e. The number of nitrogens with zero attached hydrogens (tertiary/aromatic N) is 3. The van der Waals surface area contributed by atoms with Crippen LogP contribution in [0.15, 0.2) is 188 Å². The number of rotatable bonds is 6. The molecule has 0 spiro atoms. The van der Waals surface area contributed by atoms with Gasteiger partial charge in [-0.3, -0.25) is 4.98 Å². The predicted octanol–water partition coefficient (Wildman–Crippen LogP) is 12.2. The van der Waals surface area contributed by atoms with Gasteiger partial charge in [-0.05, 0) is 85.3 Å². The van der Waals surface area contributed by atoms with Gasteiger partial charge in [0.25, 0.3) is 0 Å². The summed E-state index contributed by atoms with van der Waals surface area (Å²) in [6, 6.07) is 62.0. The monoisotopic (exact) mass is 637 g/mol. The van der Waals surface area contributed by atoms with Gasteiger partial charge >= 0.3 is 0 Å². The molecule has 0 atom stereocenters. The van der Waals surface area contributed by atoms with Crippen molar-refractivity contribution in [1.29, 1.82) is 0 Å². The van der Waals surface area contributed by atoms with Gasteiger partial charge in [-0.25, -0.2) is 9.97 Å². The topological polar surface area (TPSA) is 38.7 Å². The van der Waals surface area contributed by atoms with E-state index < -0.39 is 0 Å². The van der Waals surface area contributed by atoms with E-state index in [9.17, 15) is 0 Å². The molecular formula is C47H31N3. The average Bonchev–Trinajstić information content (AvgIpc) is 3.21. The molecule has 7 aromatic carbocycles. The Morgan fingerprint density at radius 3 is 1.34 bits per heavy atom. The van der Waals surface area contributed by atoms with Gasteiger partial charge < -0.3 is 0 Å². The summed E-state index contributed by atoms with van der Waals surface area (Å²) < 4.78 is 0. The van der Waals surface area contributed by atoms with Crippen molar-refractivity contribution in [1.82, 2.24) is 15.0 Å². The van der Waals surface area contributed by atoms with Crippen LogP contribution in [-0.2, 0) is 0 Å². The fraction of sp³-hybridized carbons (Fsp3) is 0. The third-order valence-corrected chi connectivity index (χ3v) is 9.37. The third kappa shape index (κ3) is 5.41. The largest absolute Gasteiger partial charge is 0.265 e. The molecule has 234 valence electrons. The van der Waals surface area contributed by atoms with E-state index in [0.29, 0.717) is 5.82 Å². The number of benzene rings is 7. The molecule has 0 saturated heterocycles. The van der Waals surface area contributed by atoms with Gasteiger partial charge in [0.1, 0.15) is 0 Å². The molecule has 0 bridgehead atoms. The summed E-state index contributed by atoms with van der Waals surface area (Å²) in [6.07, 6.45) is 3.65.